The van der Waals surface area contributed by atoms with Crippen LogP contribution in [0.4, 0.5) is 5.69 Å². The zero-order valence-electron chi connectivity index (χ0n) is 17.9. The largest absolute Gasteiger partial charge is 0.394 e. The quantitative estimate of drug-likeness (QED) is 0.622. The number of aliphatic hydroxyl groups excluding tert-OH is 1. The first-order valence-electron chi connectivity index (χ1n) is 10.8. The molecule has 3 rings (SSSR count). The average molecular weight is 400 g/mol. The van der Waals surface area contributed by atoms with Gasteiger partial charge in [-0.2, -0.15) is 0 Å². The van der Waals surface area contributed by atoms with Crippen molar-refractivity contribution in [3.8, 4) is 0 Å². The molecular weight excluding hydrogens is 366 g/mol. The Morgan fingerprint density at radius 2 is 2.07 bits per heavy atom. The first-order chi connectivity index (χ1) is 13.9. The number of carbonyl (C=O) groups is 2. The van der Waals surface area contributed by atoms with Gasteiger partial charge in [-0.1, -0.05) is 20.3 Å². The molecule has 0 unspecified atom stereocenters. The summed E-state index contributed by atoms with van der Waals surface area (Å²) in [5.74, 6) is 0.0772. The van der Waals surface area contributed by atoms with Gasteiger partial charge in [0.25, 0.3) is 0 Å². The number of H-pyrrole nitrogens is 1. The fourth-order valence-electron chi connectivity index (χ4n) is 4.42. The van der Waals surface area contributed by atoms with Crippen LogP contribution >= 0.6 is 0 Å². The number of benzene rings is 1. The van der Waals surface area contributed by atoms with Crippen molar-refractivity contribution < 1.29 is 14.7 Å². The maximum absolute atomic E-state index is 13.0. The van der Waals surface area contributed by atoms with Crippen molar-refractivity contribution >= 4 is 28.3 Å². The molecule has 0 radical (unpaired) electrons. The third-order valence-electron chi connectivity index (χ3n) is 5.85. The van der Waals surface area contributed by atoms with Crippen LogP contribution in [0, 0.1) is 0 Å². The zero-order chi connectivity index (χ0) is 21.1. The summed E-state index contributed by atoms with van der Waals surface area (Å²) in [4.78, 5) is 31.3. The Labute approximate surface area is 172 Å². The Morgan fingerprint density at radius 3 is 2.69 bits per heavy atom. The molecule has 2 heterocycles. The van der Waals surface area contributed by atoms with Gasteiger partial charge in [-0.3, -0.25) is 9.59 Å². The van der Waals surface area contributed by atoms with Gasteiger partial charge >= 0.3 is 0 Å². The van der Waals surface area contributed by atoms with Crippen molar-refractivity contribution in [3.05, 3.63) is 29.5 Å². The van der Waals surface area contributed by atoms with E-state index in [1.807, 2.05) is 25.3 Å². The molecule has 1 aromatic carbocycles. The second-order valence-electron chi connectivity index (χ2n) is 8.24. The van der Waals surface area contributed by atoms with Crippen molar-refractivity contribution in [2.24, 2.45) is 0 Å². The van der Waals surface area contributed by atoms with E-state index in [0.29, 0.717) is 24.8 Å². The Hall–Kier alpha value is -2.34. The Bertz CT molecular complexity index is 887. The van der Waals surface area contributed by atoms with E-state index in [4.69, 9.17) is 0 Å². The lowest BCUT2D eigenvalue weighted by atomic mass is 9.97. The van der Waals surface area contributed by atoms with Crippen LogP contribution in [0.25, 0.3) is 10.9 Å². The van der Waals surface area contributed by atoms with Crippen molar-refractivity contribution in [2.75, 3.05) is 11.5 Å². The molecule has 1 amide bonds. The first-order valence-corrected chi connectivity index (χ1v) is 10.8. The number of amides is 1. The number of anilines is 1. The van der Waals surface area contributed by atoms with E-state index in [-0.39, 0.29) is 36.4 Å². The van der Waals surface area contributed by atoms with Gasteiger partial charge in [0.1, 0.15) is 6.04 Å². The van der Waals surface area contributed by atoms with Crippen LogP contribution in [0.5, 0.6) is 0 Å². The number of unbranched alkanes of at least 4 members (excludes halogenated alkanes) is 1. The van der Waals surface area contributed by atoms with Crippen LogP contribution in [-0.2, 0) is 11.2 Å². The molecule has 1 aliphatic heterocycles. The minimum atomic E-state index is -0.352. The van der Waals surface area contributed by atoms with Gasteiger partial charge in [0, 0.05) is 35.3 Å². The highest BCUT2D eigenvalue weighted by Crippen LogP contribution is 2.36. The summed E-state index contributed by atoms with van der Waals surface area (Å²) < 4.78 is 0. The van der Waals surface area contributed by atoms with E-state index in [9.17, 15) is 14.7 Å². The number of hydrogen-bond acceptors (Lipinski definition) is 4. The number of ketones is 1. The number of aromatic nitrogens is 1. The van der Waals surface area contributed by atoms with Gasteiger partial charge in [-0.15, -0.1) is 0 Å². The maximum atomic E-state index is 13.0. The molecule has 2 atom stereocenters. The number of nitrogens with one attached hydrogen (secondary N) is 2. The standard InChI is InChI=1S/C23H33N3O3/c1-5-7-8-20(28)17-9-10-19-21-15(12-24-22(17)21)11-16(13-27)25-23(29)18(6-2)26(19)14(3)4/h9-10,12,14,16,18,24,27H,5-8,11,13H2,1-4H3,(H,25,29)/t16-,18-/m0/s1. The molecule has 29 heavy (non-hydrogen) atoms. The third kappa shape index (κ3) is 4.04. The Balaban J connectivity index is 2.23. The summed E-state index contributed by atoms with van der Waals surface area (Å²) in [6.07, 6.45) is 5.48. The molecule has 0 bridgehead atoms. The van der Waals surface area contributed by atoms with Crippen molar-refractivity contribution in [3.63, 3.8) is 0 Å². The number of nitrogens with zero attached hydrogens (tertiary/aromatic N) is 1. The zero-order valence-corrected chi connectivity index (χ0v) is 17.9. The van der Waals surface area contributed by atoms with Crippen LogP contribution in [-0.4, -0.2) is 46.5 Å². The molecule has 6 nitrogen and oxygen atoms in total. The first kappa shape index (κ1) is 21.4. The second kappa shape index (κ2) is 8.99. The van der Waals surface area contributed by atoms with Gasteiger partial charge in [0.2, 0.25) is 5.91 Å². The summed E-state index contributed by atoms with van der Waals surface area (Å²) >= 11 is 0. The highest BCUT2D eigenvalue weighted by molar-refractivity contribution is 6.11. The Morgan fingerprint density at radius 1 is 1.31 bits per heavy atom. The molecule has 0 fully saturated rings. The summed E-state index contributed by atoms with van der Waals surface area (Å²) in [5, 5.41) is 13.9. The lowest BCUT2D eigenvalue weighted by Crippen LogP contribution is -2.52. The summed E-state index contributed by atoms with van der Waals surface area (Å²) in [7, 11) is 0. The predicted molar refractivity (Wildman–Crippen MR) is 117 cm³/mol. The van der Waals surface area contributed by atoms with Gasteiger partial charge in [-0.05, 0) is 50.8 Å². The van der Waals surface area contributed by atoms with Gasteiger partial charge in [0.15, 0.2) is 5.78 Å². The number of aromatic amines is 1. The SMILES string of the molecule is CCCCC(=O)c1ccc2c3c(c[nH]c13)C[C@@H](CO)NC(=O)[C@H](CC)N2C(C)C. The highest BCUT2D eigenvalue weighted by atomic mass is 16.3. The van der Waals surface area contributed by atoms with Crippen LogP contribution in [0.2, 0.25) is 0 Å². The molecule has 158 valence electrons. The smallest absolute Gasteiger partial charge is 0.243 e. The summed E-state index contributed by atoms with van der Waals surface area (Å²) in [6, 6.07) is 3.31. The van der Waals surface area contributed by atoms with Crippen LogP contribution in [0.1, 0.15) is 69.3 Å². The van der Waals surface area contributed by atoms with Crippen molar-refractivity contribution in [2.45, 2.75) is 77.9 Å². The van der Waals surface area contributed by atoms with Gasteiger partial charge in [-0.25, -0.2) is 0 Å². The molecule has 2 aromatic rings. The van der Waals surface area contributed by atoms with E-state index in [0.717, 1.165) is 35.0 Å². The number of rotatable bonds is 7. The Kier molecular flexibility index (Phi) is 6.63. The number of aliphatic hydroxyl groups is 1. The lowest BCUT2D eigenvalue weighted by Gasteiger charge is -2.36. The number of Topliss-reactive ketones (excluding diaryl/α,β-unsaturated/α-hetero) is 1. The minimum Gasteiger partial charge on any atom is -0.394 e. The maximum Gasteiger partial charge on any atom is 0.243 e. The molecule has 0 saturated carbocycles. The molecule has 0 saturated heterocycles. The fourth-order valence-corrected chi connectivity index (χ4v) is 4.42. The molecule has 0 aliphatic carbocycles. The number of carbonyl (C=O) groups excluding carboxylic acids is 2. The highest BCUT2D eigenvalue weighted by Gasteiger charge is 2.32. The minimum absolute atomic E-state index is 0.0642. The summed E-state index contributed by atoms with van der Waals surface area (Å²) in [5.41, 5.74) is 3.53. The second-order valence-corrected chi connectivity index (χ2v) is 8.24. The topological polar surface area (TPSA) is 85.4 Å². The van der Waals surface area contributed by atoms with E-state index < -0.39 is 0 Å². The molecular formula is C23H33N3O3. The molecule has 1 aromatic heterocycles. The van der Waals surface area contributed by atoms with Gasteiger partial charge in [0.05, 0.1) is 18.2 Å². The van der Waals surface area contributed by atoms with E-state index in [2.05, 4.69) is 36.0 Å². The molecule has 0 spiro atoms. The molecule has 6 heteroatoms. The van der Waals surface area contributed by atoms with E-state index in [1.165, 1.54) is 0 Å². The summed E-state index contributed by atoms with van der Waals surface area (Å²) in [6.45, 7) is 8.12. The van der Waals surface area contributed by atoms with Crippen LogP contribution < -0.4 is 10.2 Å². The van der Waals surface area contributed by atoms with Crippen molar-refractivity contribution in [1.82, 2.24) is 10.3 Å². The van der Waals surface area contributed by atoms with Gasteiger partial charge < -0.3 is 20.3 Å². The van der Waals surface area contributed by atoms with E-state index >= 15 is 0 Å². The average Bonchev–Trinajstić information content (AvgIpc) is 3.13. The van der Waals surface area contributed by atoms with Crippen LogP contribution in [0.3, 0.4) is 0 Å². The number of hydrogen-bond donors (Lipinski definition) is 3. The van der Waals surface area contributed by atoms with Crippen molar-refractivity contribution in [1.29, 1.82) is 0 Å². The molecule has 3 N–H and O–H groups in total. The predicted octanol–water partition coefficient (Wildman–Crippen LogP) is 3.57. The fraction of sp³-hybridized carbons (Fsp3) is 0.565. The normalized spacial score (nSPS) is 19.8. The van der Waals surface area contributed by atoms with E-state index in [1.54, 1.807) is 0 Å². The molecule has 1 aliphatic rings. The van der Waals surface area contributed by atoms with Crippen LogP contribution in [0.15, 0.2) is 18.3 Å². The third-order valence-corrected chi connectivity index (χ3v) is 5.85. The monoisotopic (exact) mass is 399 g/mol. The lowest BCUT2D eigenvalue weighted by molar-refractivity contribution is -0.123.